The van der Waals surface area contributed by atoms with E-state index < -0.39 is 0 Å². The summed E-state index contributed by atoms with van der Waals surface area (Å²) in [5, 5.41) is 2.94. The summed E-state index contributed by atoms with van der Waals surface area (Å²) in [6.07, 6.45) is 1.37. The Labute approximate surface area is 89.3 Å². The van der Waals surface area contributed by atoms with E-state index in [1.54, 1.807) is 6.92 Å². The lowest BCUT2D eigenvalue weighted by molar-refractivity contribution is 1.08. The summed E-state index contributed by atoms with van der Waals surface area (Å²) < 4.78 is 0.554. The minimum absolute atomic E-state index is 0.137. The molecule has 0 aliphatic rings. The van der Waals surface area contributed by atoms with Crippen LogP contribution in [0.1, 0.15) is 6.92 Å². The van der Waals surface area contributed by atoms with Gasteiger partial charge in [-0.05, 0) is 29.5 Å². The molecule has 0 unspecified atom stereocenters. The van der Waals surface area contributed by atoms with E-state index >= 15 is 0 Å². The molecule has 68 valence electrons. The number of hydrogen-bond acceptors (Lipinski definition) is 3. The molecule has 13 heavy (non-hydrogen) atoms. The molecule has 0 bridgehead atoms. The zero-order valence-corrected chi connectivity index (χ0v) is 9.18. The van der Waals surface area contributed by atoms with Gasteiger partial charge in [0.15, 0.2) is 0 Å². The summed E-state index contributed by atoms with van der Waals surface area (Å²) in [7, 11) is 0. The van der Waals surface area contributed by atoms with Crippen LogP contribution in [0.3, 0.4) is 0 Å². The van der Waals surface area contributed by atoms with Gasteiger partial charge in [-0.15, -0.1) is 5.92 Å². The molecule has 0 atom stereocenters. The molecule has 0 aromatic carbocycles. The van der Waals surface area contributed by atoms with Gasteiger partial charge in [0.05, 0.1) is 12.9 Å². The molecule has 0 aliphatic heterocycles. The molecule has 0 saturated carbocycles. The lowest BCUT2D eigenvalue weighted by Gasteiger charge is -2.01. The van der Waals surface area contributed by atoms with Crippen molar-refractivity contribution in [1.82, 2.24) is 9.97 Å². The largest absolute Gasteiger partial charge is 0.358 e. The third kappa shape index (κ3) is 2.73. The van der Waals surface area contributed by atoms with Crippen LogP contribution >= 0.6 is 22.6 Å². The van der Waals surface area contributed by atoms with Crippen LogP contribution in [0.15, 0.2) is 11.1 Å². The van der Waals surface area contributed by atoms with Gasteiger partial charge in [0.25, 0.3) is 5.56 Å². The fourth-order valence-electron chi connectivity index (χ4n) is 0.723. The van der Waals surface area contributed by atoms with Crippen molar-refractivity contribution < 1.29 is 0 Å². The number of halogens is 1. The lowest BCUT2D eigenvalue weighted by atomic mass is 10.5. The highest BCUT2D eigenvalue weighted by Crippen LogP contribution is 2.07. The highest BCUT2D eigenvalue weighted by Gasteiger charge is 2.02. The minimum atomic E-state index is -0.137. The van der Waals surface area contributed by atoms with Crippen LogP contribution in [-0.2, 0) is 0 Å². The fraction of sp³-hybridized carbons (Fsp3) is 0.250. The molecule has 1 aromatic rings. The van der Waals surface area contributed by atoms with Gasteiger partial charge in [0.2, 0.25) is 0 Å². The quantitative estimate of drug-likeness (QED) is 0.626. The maximum absolute atomic E-state index is 11.1. The molecule has 0 spiro atoms. The molecular formula is C8H8IN3O. The average molecular weight is 289 g/mol. The highest BCUT2D eigenvalue weighted by atomic mass is 127. The van der Waals surface area contributed by atoms with Gasteiger partial charge in [-0.25, -0.2) is 4.98 Å². The first kappa shape index (κ1) is 10.1. The smallest absolute Gasteiger partial charge is 0.266 e. The minimum Gasteiger partial charge on any atom is -0.358 e. The molecule has 0 saturated heterocycles. The second kappa shape index (κ2) is 4.87. The van der Waals surface area contributed by atoms with Gasteiger partial charge in [0, 0.05) is 0 Å². The van der Waals surface area contributed by atoms with Gasteiger partial charge in [-0.1, -0.05) is 5.92 Å². The second-order valence-electron chi connectivity index (χ2n) is 2.17. The van der Waals surface area contributed by atoms with E-state index in [-0.39, 0.29) is 5.56 Å². The SMILES string of the molecule is CC#CCNc1nc[nH]c(=O)c1I. The summed E-state index contributed by atoms with van der Waals surface area (Å²) in [6, 6.07) is 0. The first-order valence-electron chi connectivity index (χ1n) is 3.62. The Hall–Kier alpha value is -1.03. The lowest BCUT2D eigenvalue weighted by Crippen LogP contribution is -2.14. The van der Waals surface area contributed by atoms with Crippen molar-refractivity contribution in [1.29, 1.82) is 0 Å². The van der Waals surface area contributed by atoms with E-state index in [9.17, 15) is 4.79 Å². The van der Waals surface area contributed by atoms with Crippen LogP contribution < -0.4 is 10.9 Å². The summed E-state index contributed by atoms with van der Waals surface area (Å²) in [4.78, 5) is 17.5. The first-order chi connectivity index (χ1) is 6.25. The van der Waals surface area contributed by atoms with E-state index in [2.05, 4.69) is 27.1 Å². The molecule has 1 rings (SSSR count). The highest BCUT2D eigenvalue weighted by molar-refractivity contribution is 14.1. The van der Waals surface area contributed by atoms with Crippen molar-refractivity contribution in [3.05, 3.63) is 20.3 Å². The Morgan fingerprint density at radius 1 is 1.77 bits per heavy atom. The van der Waals surface area contributed by atoms with Crippen molar-refractivity contribution in [2.75, 3.05) is 11.9 Å². The summed E-state index contributed by atoms with van der Waals surface area (Å²) >= 11 is 1.94. The van der Waals surface area contributed by atoms with Crippen LogP contribution in [0, 0.1) is 15.4 Å². The zero-order valence-electron chi connectivity index (χ0n) is 7.02. The van der Waals surface area contributed by atoms with Crippen molar-refractivity contribution in [2.24, 2.45) is 0 Å². The Morgan fingerprint density at radius 2 is 2.54 bits per heavy atom. The average Bonchev–Trinajstić information content (AvgIpc) is 2.13. The molecule has 5 heteroatoms. The Kier molecular flexibility index (Phi) is 3.76. The van der Waals surface area contributed by atoms with Crippen molar-refractivity contribution in [2.45, 2.75) is 6.92 Å². The third-order valence-corrected chi connectivity index (χ3v) is 2.32. The van der Waals surface area contributed by atoms with E-state index in [0.29, 0.717) is 15.9 Å². The number of nitrogens with zero attached hydrogens (tertiary/aromatic N) is 1. The predicted molar refractivity (Wildman–Crippen MR) is 59.5 cm³/mol. The maximum Gasteiger partial charge on any atom is 0.266 e. The third-order valence-electron chi connectivity index (χ3n) is 1.32. The standard InChI is InChI=1S/C8H8IN3O/c1-2-3-4-10-7-6(9)8(13)12-5-11-7/h5H,4H2,1H3,(H2,10,11,12,13). The topological polar surface area (TPSA) is 57.8 Å². The number of aromatic nitrogens is 2. The number of aromatic amines is 1. The molecule has 0 amide bonds. The van der Waals surface area contributed by atoms with Crippen molar-refractivity contribution in [3.63, 3.8) is 0 Å². The fourth-order valence-corrected chi connectivity index (χ4v) is 1.21. The second-order valence-corrected chi connectivity index (χ2v) is 3.25. The van der Waals surface area contributed by atoms with E-state index in [1.807, 2.05) is 22.6 Å². The molecule has 0 radical (unpaired) electrons. The number of nitrogens with one attached hydrogen (secondary N) is 2. The van der Waals surface area contributed by atoms with Crippen LogP contribution in [0.5, 0.6) is 0 Å². The number of hydrogen-bond donors (Lipinski definition) is 2. The summed E-state index contributed by atoms with van der Waals surface area (Å²) in [5.74, 6) is 6.15. The van der Waals surface area contributed by atoms with Gasteiger partial charge in [0.1, 0.15) is 9.39 Å². The predicted octanol–water partition coefficient (Wildman–Crippen LogP) is 0.810. The number of rotatable bonds is 2. The first-order valence-corrected chi connectivity index (χ1v) is 4.70. The number of H-pyrrole nitrogens is 1. The van der Waals surface area contributed by atoms with Crippen LogP contribution in [0.2, 0.25) is 0 Å². The molecule has 2 N–H and O–H groups in total. The van der Waals surface area contributed by atoms with Gasteiger partial charge in [-0.3, -0.25) is 4.79 Å². The van der Waals surface area contributed by atoms with Gasteiger partial charge < -0.3 is 10.3 Å². The Bertz CT molecular complexity index is 402. The Morgan fingerprint density at radius 3 is 3.23 bits per heavy atom. The van der Waals surface area contributed by atoms with Gasteiger partial charge in [-0.2, -0.15) is 0 Å². The summed E-state index contributed by atoms with van der Waals surface area (Å²) in [5.41, 5.74) is -0.137. The van der Waals surface area contributed by atoms with Crippen molar-refractivity contribution >= 4 is 28.4 Å². The van der Waals surface area contributed by atoms with Crippen molar-refractivity contribution in [3.8, 4) is 11.8 Å². The molecule has 0 fully saturated rings. The summed E-state index contributed by atoms with van der Waals surface area (Å²) in [6.45, 7) is 2.26. The normalized spacial score (nSPS) is 8.77. The van der Waals surface area contributed by atoms with Gasteiger partial charge >= 0.3 is 0 Å². The maximum atomic E-state index is 11.1. The monoisotopic (exact) mass is 289 g/mol. The van der Waals surface area contributed by atoms with Crippen LogP contribution in [-0.4, -0.2) is 16.5 Å². The van der Waals surface area contributed by atoms with E-state index in [4.69, 9.17) is 0 Å². The molecule has 0 aliphatic carbocycles. The molecule has 1 aromatic heterocycles. The van der Waals surface area contributed by atoms with E-state index in [1.165, 1.54) is 6.33 Å². The molecule has 4 nitrogen and oxygen atoms in total. The van der Waals surface area contributed by atoms with E-state index in [0.717, 1.165) is 0 Å². The molecule has 1 heterocycles. The van der Waals surface area contributed by atoms with Crippen LogP contribution in [0.25, 0.3) is 0 Å². The number of anilines is 1. The Balaban J connectivity index is 2.81. The zero-order chi connectivity index (χ0) is 9.68. The molecular weight excluding hydrogens is 281 g/mol. The van der Waals surface area contributed by atoms with Crippen LogP contribution in [0.4, 0.5) is 5.82 Å².